The molecule has 5 heteroatoms. The van der Waals surface area contributed by atoms with Gasteiger partial charge in [-0.15, -0.1) is 0 Å². The average Bonchev–Trinajstić information content (AvgIpc) is 3.26. The third kappa shape index (κ3) is 3.26. The molecule has 1 fully saturated rings. The summed E-state index contributed by atoms with van der Waals surface area (Å²) in [6.45, 7) is 5.82. The number of aromatic nitrogens is 1. The first-order chi connectivity index (χ1) is 10.6. The van der Waals surface area contributed by atoms with E-state index in [0.717, 1.165) is 34.6 Å². The van der Waals surface area contributed by atoms with Gasteiger partial charge in [-0.25, -0.2) is 0 Å². The maximum absolute atomic E-state index is 9.26. The van der Waals surface area contributed by atoms with Gasteiger partial charge in [0.05, 0.1) is 6.61 Å². The van der Waals surface area contributed by atoms with Gasteiger partial charge in [0, 0.05) is 24.6 Å². The van der Waals surface area contributed by atoms with Crippen molar-refractivity contribution in [3.05, 3.63) is 50.3 Å². The first-order valence-electron chi connectivity index (χ1n) is 7.64. The van der Waals surface area contributed by atoms with E-state index in [0.29, 0.717) is 5.92 Å². The van der Waals surface area contributed by atoms with Gasteiger partial charge in [-0.05, 0) is 64.9 Å². The summed E-state index contributed by atoms with van der Waals surface area (Å²) in [5, 5.41) is 16.8. The average molecular weight is 365 g/mol. The highest BCUT2D eigenvalue weighted by Gasteiger charge is 2.31. The van der Waals surface area contributed by atoms with Crippen molar-refractivity contribution in [2.45, 2.75) is 52.3 Å². The van der Waals surface area contributed by atoms with Crippen LogP contribution in [0.25, 0.3) is 0 Å². The van der Waals surface area contributed by atoms with Crippen LogP contribution in [-0.4, -0.2) is 10.3 Å². The van der Waals surface area contributed by atoms with E-state index >= 15 is 0 Å². The van der Waals surface area contributed by atoms with Crippen molar-refractivity contribution in [1.29, 1.82) is 0 Å². The van der Waals surface area contributed by atoms with Crippen LogP contribution in [0.5, 0.6) is 0 Å². The zero-order valence-corrected chi connectivity index (χ0v) is 14.5. The van der Waals surface area contributed by atoms with E-state index in [-0.39, 0.29) is 6.61 Å². The van der Waals surface area contributed by atoms with Gasteiger partial charge in [-0.2, -0.15) is 0 Å². The number of aliphatic hydroxyl groups is 1. The molecule has 1 aromatic carbocycles. The third-order valence-corrected chi connectivity index (χ3v) is 4.88. The van der Waals surface area contributed by atoms with Crippen LogP contribution in [0, 0.1) is 13.8 Å². The number of aryl methyl sites for hydroxylation is 2. The van der Waals surface area contributed by atoms with Crippen molar-refractivity contribution >= 4 is 15.9 Å². The van der Waals surface area contributed by atoms with Crippen LogP contribution in [0.3, 0.4) is 0 Å². The second-order valence-electron chi connectivity index (χ2n) is 6.06. The molecule has 0 saturated heterocycles. The molecule has 0 bridgehead atoms. The number of halogens is 1. The minimum absolute atomic E-state index is 0.0910. The van der Waals surface area contributed by atoms with E-state index in [1.807, 2.05) is 0 Å². The summed E-state index contributed by atoms with van der Waals surface area (Å²) in [4.78, 5) is 0. The molecule has 118 valence electrons. The standard InChI is InChI=1S/C17H21BrN2O2/c1-10-5-12(9-21)6-11(2)14(10)7-19-8-15-16(13-3-4-13)22-20-17(15)18/h5-6,13,19,21H,3-4,7-9H2,1-2H3. The quantitative estimate of drug-likeness (QED) is 0.819. The number of benzene rings is 1. The highest BCUT2D eigenvalue weighted by molar-refractivity contribution is 9.10. The third-order valence-electron chi connectivity index (χ3n) is 4.26. The van der Waals surface area contributed by atoms with Crippen LogP contribution >= 0.6 is 15.9 Å². The highest BCUT2D eigenvalue weighted by Crippen LogP contribution is 2.43. The van der Waals surface area contributed by atoms with Crippen molar-refractivity contribution in [1.82, 2.24) is 10.5 Å². The second-order valence-corrected chi connectivity index (χ2v) is 6.81. The lowest BCUT2D eigenvalue weighted by molar-refractivity contribution is 0.281. The van der Waals surface area contributed by atoms with E-state index in [2.05, 4.69) is 52.4 Å². The molecule has 0 amide bonds. The van der Waals surface area contributed by atoms with Crippen molar-refractivity contribution in [2.75, 3.05) is 0 Å². The maximum atomic E-state index is 9.26. The minimum atomic E-state index is 0.0910. The summed E-state index contributed by atoms with van der Waals surface area (Å²) in [6, 6.07) is 4.10. The van der Waals surface area contributed by atoms with Crippen molar-refractivity contribution in [3.63, 3.8) is 0 Å². The number of rotatable bonds is 6. The number of hydrogen-bond acceptors (Lipinski definition) is 4. The lowest BCUT2D eigenvalue weighted by Crippen LogP contribution is -2.15. The monoisotopic (exact) mass is 364 g/mol. The number of nitrogens with zero attached hydrogens (tertiary/aromatic N) is 1. The lowest BCUT2D eigenvalue weighted by atomic mass is 9.99. The Labute approximate surface area is 139 Å². The van der Waals surface area contributed by atoms with Gasteiger partial charge in [-0.3, -0.25) is 0 Å². The lowest BCUT2D eigenvalue weighted by Gasteiger charge is -2.13. The Morgan fingerprint density at radius 2 is 1.86 bits per heavy atom. The Morgan fingerprint density at radius 3 is 2.45 bits per heavy atom. The molecule has 4 nitrogen and oxygen atoms in total. The maximum Gasteiger partial charge on any atom is 0.153 e. The molecule has 0 atom stereocenters. The first-order valence-corrected chi connectivity index (χ1v) is 8.44. The van der Waals surface area contributed by atoms with Crippen LogP contribution in [0.4, 0.5) is 0 Å². The minimum Gasteiger partial charge on any atom is -0.392 e. The zero-order chi connectivity index (χ0) is 15.7. The molecule has 0 unspecified atom stereocenters. The molecule has 1 heterocycles. The molecule has 3 rings (SSSR count). The summed E-state index contributed by atoms with van der Waals surface area (Å²) in [5.74, 6) is 1.59. The molecule has 2 N–H and O–H groups in total. The van der Waals surface area contributed by atoms with E-state index in [1.54, 1.807) is 0 Å². The normalized spacial score (nSPS) is 14.5. The molecule has 0 radical (unpaired) electrons. The smallest absolute Gasteiger partial charge is 0.153 e. The highest BCUT2D eigenvalue weighted by atomic mass is 79.9. The van der Waals surface area contributed by atoms with Gasteiger partial charge in [0.25, 0.3) is 0 Å². The van der Waals surface area contributed by atoms with Crippen LogP contribution in [0.2, 0.25) is 0 Å². The molecule has 1 aliphatic carbocycles. The van der Waals surface area contributed by atoms with Crippen LogP contribution in [0.1, 0.15) is 52.3 Å². The van der Waals surface area contributed by atoms with Crippen molar-refractivity contribution in [2.24, 2.45) is 0 Å². The predicted molar refractivity (Wildman–Crippen MR) is 88.6 cm³/mol. The Balaban J connectivity index is 1.68. The van der Waals surface area contributed by atoms with E-state index in [4.69, 9.17) is 4.52 Å². The van der Waals surface area contributed by atoms with Gasteiger partial charge < -0.3 is 14.9 Å². The summed E-state index contributed by atoms with van der Waals surface area (Å²) < 4.78 is 6.25. The van der Waals surface area contributed by atoms with E-state index in [1.165, 1.54) is 29.5 Å². The Morgan fingerprint density at radius 1 is 1.23 bits per heavy atom. The Bertz CT molecular complexity index is 654. The molecule has 1 saturated carbocycles. The fourth-order valence-electron chi connectivity index (χ4n) is 2.89. The molecule has 22 heavy (non-hydrogen) atoms. The fourth-order valence-corrected chi connectivity index (χ4v) is 3.30. The number of hydrogen-bond donors (Lipinski definition) is 2. The molecular formula is C17H21BrN2O2. The summed E-state index contributed by atoms with van der Waals surface area (Å²) in [7, 11) is 0. The molecule has 0 aliphatic heterocycles. The predicted octanol–water partition coefficient (Wildman–Crippen LogP) is 3.71. The van der Waals surface area contributed by atoms with Crippen LogP contribution in [0.15, 0.2) is 21.3 Å². The SMILES string of the molecule is Cc1cc(CO)cc(C)c1CNCc1c(Br)noc1C1CC1. The van der Waals surface area contributed by atoms with Crippen LogP contribution < -0.4 is 5.32 Å². The largest absolute Gasteiger partial charge is 0.392 e. The molecule has 1 aromatic heterocycles. The zero-order valence-electron chi connectivity index (χ0n) is 12.9. The summed E-state index contributed by atoms with van der Waals surface area (Å²) >= 11 is 3.47. The van der Waals surface area contributed by atoms with Crippen LogP contribution in [-0.2, 0) is 19.7 Å². The molecular weight excluding hydrogens is 344 g/mol. The van der Waals surface area contributed by atoms with Gasteiger partial charge in [0.2, 0.25) is 0 Å². The topological polar surface area (TPSA) is 58.3 Å². The summed E-state index contributed by atoms with van der Waals surface area (Å²) in [6.07, 6.45) is 2.41. The van der Waals surface area contributed by atoms with Crippen molar-refractivity contribution in [3.8, 4) is 0 Å². The van der Waals surface area contributed by atoms with E-state index in [9.17, 15) is 5.11 Å². The number of aliphatic hydroxyl groups excluding tert-OH is 1. The second kappa shape index (κ2) is 6.52. The van der Waals surface area contributed by atoms with Gasteiger partial charge in [-0.1, -0.05) is 17.3 Å². The van der Waals surface area contributed by atoms with Crippen molar-refractivity contribution < 1.29 is 9.63 Å². The molecule has 2 aromatic rings. The molecule has 0 spiro atoms. The fraction of sp³-hybridized carbons (Fsp3) is 0.471. The Hall–Kier alpha value is -1.17. The van der Waals surface area contributed by atoms with Gasteiger partial charge in [0.15, 0.2) is 4.60 Å². The first kappa shape index (κ1) is 15.7. The van der Waals surface area contributed by atoms with E-state index < -0.39 is 0 Å². The Kier molecular flexibility index (Phi) is 4.66. The number of nitrogens with one attached hydrogen (secondary N) is 1. The van der Waals surface area contributed by atoms with Gasteiger partial charge in [0.1, 0.15) is 5.76 Å². The summed E-state index contributed by atoms with van der Waals surface area (Å²) in [5.41, 5.74) is 5.82. The molecule has 1 aliphatic rings. The van der Waals surface area contributed by atoms with Gasteiger partial charge >= 0.3 is 0 Å².